The van der Waals surface area contributed by atoms with Crippen molar-refractivity contribution in [1.29, 1.82) is 0 Å². The molecule has 0 heterocycles. The quantitative estimate of drug-likeness (QED) is 0.335. The molecule has 0 unspecified atom stereocenters. The Balaban J connectivity index is 2.70. The van der Waals surface area contributed by atoms with Gasteiger partial charge in [0, 0.05) is 39.2 Å². The van der Waals surface area contributed by atoms with Crippen LogP contribution in [0, 0.1) is 0 Å². The van der Waals surface area contributed by atoms with Crippen LogP contribution in [0.5, 0.6) is 11.5 Å². The lowest BCUT2D eigenvalue weighted by atomic mass is 10.3. The predicted octanol–water partition coefficient (Wildman–Crippen LogP) is 3.74. The number of aromatic hydroxyl groups is 1. The molecule has 0 aliphatic heterocycles. The number of rotatable bonds is 12. The Morgan fingerprint density at radius 1 is 0.960 bits per heavy atom. The second-order valence-electron chi connectivity index (χ2n) is 6.60. The molecule has 0 radical (unpaired) electrons. The third-order valence-electron chi connectivity index (χ3n) is 3.64. The van der Waals surface area contributed by atoms with Gasteiger partial charge in [0.05, 0.1) is 26.6 Å². The van der Waals surface area contributed by atoms with Gasteiger partial charge in [-0.15, -0.1) is 0 Å². The van der Waals surface area contributed by atoms with Crippen molar-refractivity contribution in [1.82, 2.24) is 0 Å². The second kappa shape index (κ2) is 10.5. The van der Waals surface area contributed by atoms with Gasteiger partial charge in [0.25, 0.3) is 0 Å². The summed E-state index contributed by atoms with van der Waals surface area (Å²) in [6, 6.07) is 6.09. The Hall–Kier alpha value is -0.653. The van der Waals surface area contributed by atoms with E-state index in [1.54, 1.807) is 6.07 Å². The molecule has 1 rings (SSSR count). The summed E-state index contributed by atoms with van der Waals surface area (Å²) < 4.78 is 23.6. The fourth-order valence-corrected chi connectivity index (χ4v) is 6.52. The van der Waals surface area contributed by atoms with Crippen LogP contribution in [0.2, 0.25) is 6.04 Å². The van der Waals surface area contributed by atoms with E-state index in [2.05, 4.69) is 20.0 Å². The summed E-state index contributed by atoms with van der Waals surface area (Å²) in [4.78, 5) is 0. The van der Waals surface area contributed by atoms with E-state index < -0.39 is 16.1 Å². The van der Waals surface area contributed by atoms with E-state index in [0.717, 1.165) is 23.5 Å². The van der Waals surface area contributed by atoms with Crippen LogP contribution in [0.3, 0.4) is 0 Å². The summed E-state index contributed by atoms with van der Waals surface area (Å²) >= 11 is 0. The molecule has 0 amide bonds. The first-order valence-corrected chi connectivity index (χ1v) is 14.0. The average Bonchev–Trinajstić information content (AvgIpc) is 2.52. The van der Waals surface area contributed by atoms with Gasteiger partial charge < -0.3 is 23.1 Å². The van der Waals surface area contributed by atoms with Crippen molar-refractivity contribution < 1.29 is 23.1 Å². The van der Waals surface area contributed by atoms with Crippen LogP contribution in [0.15, 0.2) is 18.2 Å². The van der Waals surface area contributed by atoms with E-state index in [9.17, 15) is 5.11 Å². The van der Waals surface area contributed by atoms with E-state index >= 15 is 0 Å². The highest BCUT2D eigenvalue weighted by atomic mass is 31.2. The van der Waals surface area contributed by atoms with Crippen molar-refractivity contribution in [2.24, 2.45) is 0 Å². The van der Waals surface area contributed by atoms with Gasteiger partial charge in [0.15, 0.2) is 5.75 Å². The summed E-state index contributed by atoms with van der Waals surface area (Å²) in [6.45, 7) is 14.9. The van der Waals surface area contributed by atoms with Crippen LogP contribution in [0.4, 0.5) is 0 Å². The maximum absolute atomic E-state index is 9.77. The minimum atomic E-state index is -2.61. The Bertz CT molecular complexity index is 502. The summed E-state index contributed by atoms with van der Waals surface area (Å²) in [5, 5.41) is 10.9. The largest absolute Gasteiger partial charge is 0.508 e. The molecule has 0 spiro atoms. The molecule has 1 aromatic carbocycles. The normalized spacial score (nSPS) is 12.4. The van der Waals surface area contributed by atoms with Gasteiger partial charge in [0.1, 0.15) is 11.1 Å². The summed E-state index contributed by atoms with van der Waals surface area (Å²) in [5.41, 5.74) is 0. The van der Waals surface area contributed by atoms with Gasteiger partial charge in [-0.1, -0.05) is 0 Å². The Labute approximate surface area is 154 Å². The van der Waals surface area contributed by atoms with Gasteiger partial charge in [-0.3, -0.25) is 0 Å². The zero-order valence-corrected chi connectivity index (χ0v) is 18.4. The molecule has 144 valence electrons. The van der Waals surface area contributed by atoms with E-state index in [1.165, 1.54) is 0 Å². The zero-order chi connectivity index (χ0) is 18.9. The highest BCUT2D eigenvalue weighted by Gasteiger charge is 2.39. The molecule has 0 fully saturated rings. The van der Waals surface area contributed by atoms with Crippen LogP contribution in [0.1, 0.15) is 27.2 Å². The summed E-state index contributed by atoms with van der Waals surface area (Å²) in [7, 11) is -3.90. The smallest absolute Gasteiger partial charge is 0.501 e. The molecule has 0 atom stereocenters. The fraction of sp³-hybridized carbons (Fsp3) is 0.667. The van der Waals surface area contributed by atoms with Crippen molar-refractivity contribution in [3.63, 3.8) is 0 Å². The monoisotopic (exact) mass is 389 g/mol. The van der Waals surface area contributed by atoms with Gasteiger partial charge in [-0.05, 0) is 39.3 Å². The van der Waals surface area contributed by atoms with E-state index in [1.807, 2.05) is 32.9 Å². The van der Waals surface area contributed by atoms with Gasteiger partial charge in [-0.2, -0.15) is 0 Å². The molecule has 1 aromatic rings. The van der Waals surface area contributed by atoms with Gasteiger partial charge in [-0.25, -0.2) is 0 Å². The third kappa shape index (κ3) is 7.23. The minimum Gasteiger partial charge on any atom is -0.508 e. The molecule has 5 nitrogen and oxygen atoms in total. The Kier molecular flexibility index (Phi) is 9.39. The predicted molar refractivity (Wildman–Crippen MR) is 108 cm³/mol. The molecule has 0 bridgehead atoms. The van der Waals surface area contributed by atoms with Crippen LogP contribution in [0.25, 0.3) is 0 Å². The van der Waals surface area contributed by atoms with Crippen molar-refractivity contribution in [2.75, 3.05) is 46.4 Å². The van der Waals surface area contributed by atoms with Gasteiger partial charge in [0.2, 0.25) is 0 Å². The van der Waals surface area contributed by atoms with Crippen molar-refractivity contribution in [2.45, 2.75) is 33.2 Å². The standard InChI is InChI=1S/C18H33O5PSi/c1-7-21-25(22-8-2,23-9-3)14-10-13-20-17-12-11-16(19)15-18(17)24(4,5)6/h11-12,15H,7-10,13-14H2,1-6H3/p+1. The lowest BCUT2D eigenvalue weighted by molar-refractivity contribution is 0.0697. The first-order valence-electron chi connectivity index (χ1n) is 8.97. The third-order valence-corrected chi connectivity index (χ3v) is 8.59. The minimum absolute atomic E-state index is 0.285. The molecular formula is C18H34O5PSi+. The van der Waals surface area contributed by atoms with E-state index in [-0.39, 0.29) is 5.75 Å². The molecule has 7 heteroatoms. The molecule has 0 aromatic heterocycles. The lowest BCUT2D eigenvalue weighted by Crippen LogP contribution is -2.46. The van der Waals surface area contributed by atoms with Crippen LogP contribution >= 0.6 is 7.26 Å². The first-order chi connectivity index (χ1) is 11.8. The molecular weight excluding hydrogens is 355 g/mol. The Morgan fingerprint density at radius 3 is 2.00 bits per heavy atom. The number of ether oxygens (including phenoxy) is 1. The zero-order valence-electron chi connectivity index (χ0n) is 16.5. The summed E-state index contributed by atoms with van der Waals surface area (Å²) in [6.07, 6.45) is 0.801. The SMILES string of the molecule is CCO[Si](CCCOc1ccc(O)cc1[P+](C)(C)C)(OCC)OCC. The number of phenolic OH excluding ortho intramolecular Hbond substituents is 1. The van der Waals surface area contributed by atoms with E-state index in [0.29, 0.717) is 26.4 Å². The topological polar surface area (TPSA) is 57.2 Å². The van der Waals surface area contributed by atoms with Gasteiger partial charge >= 0.3 is 8.80 Å². The highest BCUT2D eigenvalue weighted by Crippen LogP contribution is 2.48. The van der Waals surface area contributed by atoms with Crippen molar-refractivity contribution >= 4 is 21.4 Å². The molecule has 0 saturated carbocycles. The molecule has 0 aliphatic carbocycles. The van der Waals surface area contributed by atoms with Crippen LogP contribution < -0.4 is 10.0 Å². The number of benzene rings is 1. The fourth-order valence-electron chi connectivity index (χ4n) is 2.62. The maximum atomic E-state index is 9.77. The van der Waals surface area contributed by atoms with Crippen LogP contribution in [-0.4, -0.2) is 60.3 Å². The highest BCUT2D eigenvalue weighted by molar-refractivity contribution is 7.81. The molecule has 0 saturated heterocycles. The molecule has 0 aliphatic rings. The number of hydrogen-bond donors (Lipinski definition) is 1. The molecule has 1 N–H and O–H groups in total. The number of phenols is 1. The maximum Gasteiger partial charge on any atom is 0.501 e. The average molecular weight is 390 g/mol. The second-order valence-corrected chi connectivity index (χ2v) is 13.8. The van der Waals surface area contributed by atoms with Crippen molar-refractivity contribution in [3.8, 4) is 11.5 Å². The lowest BCUT2D eigenvalue weighted by Gasteiger charge is -2.28. The van der Waals surface area contributed by atoms with Crippen molar-refractivity contribution in [3.05, 3.63) is 18.2 Å². The van der Waals surface area contributed by atoms with Crippen LogP contribution in [-0.2, 0) is 13.3 Å². The molecule has 25 heavy (non-hydrogen) atoms. The summed E-state index contributed by atoms with van der Waals surface area (Å²) in [5.74, 6) is 1.14. The number of hydrogen-bond acceptors (Lipinski definition) is 5. The Morgan fingerprint density at radius 2 is 1.52 bits per heavy atom. The van der Waals surface area contributed by atoms with E-state index in [4.69, 9.17) is 18.0 Å². The first kappa shape index (κ1) is 22.4.